The normalized spacial score (nSPS) is 12.7. The maximum absolute atomic E-state index is 2.65. The van der Waals surface area contributed by atoms with Crippen LogP contribution < -0.4 is 31.1 Å². The fourth-order valence-electron chi connectivity index (χ4n) is 14.4. The minimum Gasteiger partial charge on any atom is -0.311 e. The summed E-state index contributed by atoms with van der Waals surface area (Å²) in [6.07, 6.45) is 0. The summed E-state index contributed by atoms with van der Waals surface area (Å²) in [5.74, 6) is 0. The van der Waals surface area contributed by atoms with Gasteiger partial charge in [0.15, 0.2) is 0 Å². The molecule has 4 heterocycles. The number of para-hydroxylation sites is 4. The monoisotopic (exact) mass is 1110 g/mol. The highest BCUT2D eigenvalue weighted by atomic mass is 15.2. The Hall–Kier alpha value is -10.9. The van der Waals surface area contributed by atoms with Crippen LogP contribution in [0.3, 0.4) is 0 Å². The van der Waals surface area contributed by atoms with Crippen molar-refractivity contribution in [3.05, 3.63) is 309 Å². The zero-order chi connectivity index (χ0) is 57.9. The third-order valence-corrected chi connectivity index (χ3v) is 18.4. The van der Waals surface area contributed by atoms with Crippen molar-refractivity contribution in [1.82, 2.24) is 4.57 Å². The molecule has 0 saturated carbocycles. The number of rotatable bonds is 8. The first-order chi connectivity index (χ1) is 42.8. The molecule has 4 nitrogen and oxygen atoms in total. The molecule has 0 unspecified atom stereocenters. The molecule has 17 rings (SSSR count). The second kappa shape index (κ2) is 19.9. The Morgan fingerprint density at radius 3 is 1.47 bits per heavy atom. The van der Waals surface area contributed by atoms with Crippen molar-refractivity contribution >= 4 is 96.1 Å². The Morgan fingerprint density at radius 2 is 0.828 bits per heavy atom. The Kier molecular flexibility index (Phi) is 11.6. The van der Waals surface area contributed by atoms with Crippen LogP contribution in [-0.4, -0.2) is 11.3 Å². The highest BCUT2D eigenvalue weighted by Gasteiger charge is 2.47. The van der Waals surface area contributed by atoms with Crippen molar-refractivity contribution in [1.29, 1.82) is 0 Å². The molecule has 87 heavy (non-hydrogen) atoms. The van der Waals surface area contributed by atoms with E-state index in [1.54, 1.807) is 0 Å². The number of hydrogen-bond donors (Lipinski definition) is 0. The molecule has 0 atom stereocenters. The van der Waals surface area contributed by atoms with Crippen molar-refractivity contribution in [2.75, 3.05) is 14.7 Å². The van der Waals surface area contributed by atoms with Gasteiger partial charge in [-0.1, -0.05) is 233 Å². The third kappa shape index (κ3) is 8.14. The van der Waals surface area contributed by atoms with Gasteiger partial charge in [0.05, 0.1) is 22.4 Å². The molecule has 0 saturated heterocycles. The predicted octanol–water partition coefficient (Wildman–Crippen LogP) is 20.3. The molecule has 5 heteroatoms. The summed E-state index contributed by atoms with van der Waals surface area (Å²) >= 11 is 0. The predicted molar refractivity (Wildman–Crippen MR) is 369 cm³/mol. The molecule has 13 aromatic carbocycles. The van der Waals surface area contributed by atoms with Gasteiger partial charge in [0.25, 0.3) is 6.71 Å². The second-order valence-corrected chi connectivity index (χ2v) is 24.5. The van der Waals surface area contributed by atoms with E-state index < -0.39 is 0 Å². The molecule has 0 amide bonds. The molecular weight excluding hydrogens is 1050 g/mol. The Balaban J connectivity index is 1.02. The molecule has 0 fully saturated rings. The smallest absolute Gasteiger partial charge is 0.252 e. The van der Waals surface area contributed by atoms with E-state index in [0.717, 1.165) is 56.7 Å². The minimum absolute atomic E-state index is 0.0299. The van der Waals surface area contributed by atoms with Crippen LogP contribution >= 0.6 is 0 Å². The molecule has 0 spiro atoms. The van der Waals surface area contributed by atoms with Crippen molar-refractivity contribution in [3.8, 4) is 61.3 Å². The van der Waals surface area contributed by atoms with Gasteiger partial charge in [-0.25, -0.2) is 0 Å². The first-order valence-corrected chi connectivity index (χ1v) is 30.4. The summed E-state index contributed by atoms with van der Waals surface area (Å²) in [7, 11) is 0. The van der Waals surface area contributed by atoms with Gasteiger partial charge in [0, 0.05) is 67.4 Å². The second-order valence-electron chi connectivity index (χ2n) is 24.5. The van der Waals surface area contributed by atoms with Gasteiger partial charge in [-0.05, 0) is 163 Å². The molecule has 410 valence electrons. The van der Waals surface area contributed by atoms with Crippen LogP contribution in [0.2, 0.25) is 0 Å². The maximum atomic E-state index is 2.65. The maximum Gasteiger partial charge on any atom is 0.252 e. The molecule has 0 bridgehead atoms. The zero-order valence-corrected chi connectivity index (χ0v) is 48.7. The van der Waals surface area contributed by atoms with Crippen LogP contribution in [0.1, 0.15) is 26.3 Å². The van der Waals surface area contributed by atoms with E-state index in [-0.39, 0.29) is 12.1 Å². The molecule has 3 aliphatic rings. The van der Waals surface area contributed by atoms with E-state index in [1.165, 1.54) is 99.5 Å². The molecule has 0 aliphatic carbocycles. The van der Waals surface area contributed by atoms with E-state index in [0.29, 0.717) is 0 Å². The average Bonchev–Trinajstić information content (AvgIpc) is 1.70. The fraction of sp³-hybridized carbons (Fsp3) is 0.0488. The first kappa shape index (κ1) is 50.6. The molecule has 0 radical (unpaired) electrons. The van der Waals surface area contributed by atoms with E-state index in [4.69, 9.17) is 0 Å². The van der Waals surface area contributed by atoms with Crippen LogP contribution in [0, 0.1) is 0 Å². The number of benzene rings is 13. The minimum atomic E-state index is -0.191. The first-order valence-electron chi connectivity index (χ1n) is 30.4. The fourth-order valence-corrected chi connectivity index (χ4v) is 14.4. The Bertz CT molecular complexity index is 4930. The SMILES string of the molecule is CC(C)(C)c1ccc(-c2cccc(N3c4cc(-n5c6ccccc6c6ccccc65)ccc4B4c5cc(-c6ccccc6)cc6c5N(c5ccc(-c7ccccc7)cc5-c5ccccc5-6)c5cc(N(c6ccccc6)c6ccccc6)cc3c54)c2)cc1. The van der Waals surface area contributed by atoms with E-state index in [1.807, 2.05) is 0 Å². The highest BCUT2D eigenvalue weighted by Crippen LogP contribution is 2.56. The van der Waals surface area contributed by atoms with Crippen molar-refractivity contribution in [2.45, 2.75) is 26.2 Å². The van der Waals surface area contributed by atoms with Gasteiger partial charge >= 0.3 is 0 Å². The lowest BCUT2D eigenvalue weighted by Gasteiger charge is -2.45. The number of aromatic nitrogens is 1. The highest BCUT2D eigenvalue weighted by molar-refractivity contribution is 7.00. The lowest BCUT2D eigenvalue weighted by atomic mass is 9.33. The topological polar surface area (TPSA) is 14.7 Å². The van der Waals surface area contributed by atoms with Crippen LogP contribution in [0.5, 0.6) is 0 Å². The van der Waals surface area contributed by atoms with Gasteiger partial charge in [-0.15, -0.1) is 0 Å². The quantitative estimate of drug-likeness (QED) is 0.141. The van der Waals surface area contributed by atoms with Gasteiger partial charge in [0.1, 0.15) is 0 Å². The van der Waals surface area contributed by atoms with Crippen LogP contribution in [0.15, 0.2) is 303 Å². The molecule has 0 N–H and O–H groups in total. The summed E-state index contributed by atoms with van der Waals surface area (Å²) in [4.78, 5) is 7.70. The molecule has 1 aromatic heterocycles. The van der Waals surface area contributed by atoms with Gasteiger partial charge < -0.3 is 19.3 Å². The van der Waals surface area contributed by atoms with Crippen LogP contribution in [0.25, 0.3) is 83.1 Å². The van der Waals surface area contributed by atoms with Crippen molar-refractivity contribution in [2.24, 2.45) is 0 Å². The van der Waals surface area contributed by atoms with Gasteiger partial charge in [-0.3, -0.25) is 0 Å². The molecular formula is C82H59BN4. The summed E-state index contributed by atoms with van der Waals surface area (Å²) < 4.78 is 2.47. The van der Waals surface area contributed by atoms with Gasteiger partial charge in [-0.2, -0.15) is 0 Å². The zero-order valence-electron chi connectivity index (χ0n) is 48.7. The number of anilines is 9. The summed E-state index contributed by atoms with van der Waals surface area (Å²) in [5, 5.41) is 2.47. The lowest BCUT2D eigenvalue weighted by Crippen LogP contribution is -2.61. The third-order valence-electron chi connectivity index (χ3n) is 18.4. The Morgan fingerprint density at radius 1 is 0.310 bits per heavy atom. The summed E-state index contributed by atoms with van der Waals surface area (Å²) in [5.41, 5.74) is 30.5. The van der Waals surface area contributed by atoms with E-state index in [2.05, 4.69) is 343 Å². The van der Waals surface area contributed by atoms with Crippen LogP contribution in [-0.2, 0) is 5.41 Å². The van der Waals surface area contributed by atoms with E-state index in [9.17, 15) is 0 Å². The number of nitrogens with zero attached hydrogens (tertiary/aromatic N) is 4. The molecule has 3 aliphatic heterocycles. The molecule has 14 aromatic rings. The summed E-state index contributed by atoms with van der Waals surface area (Å²) in [6.45, 7) is 6.67. The standard InChI is InChI=1S/C82H59BN4/c1-82(2,3)60-42-39-56(40-43-60)57-27-22-32-63(47-57)86-77-51-64(85-74-37-20-18-35-68(74)69-36-19-21-38-75(69)85)44-45-72(77)83-73-50-59(55-25-10-5-11-26-55)49-71-67-34-17-16-33-66(67)70-48-58(54-23-8-4-9-24-54)41-46-76(70)87(81(71)73)79-53-65(52-78(86)80(79)83)84(61-28-12-6-13-29-61)62-30-14-7-15-31-62/h4-53H,1-3H3. The largest absolute Gasteiger partial charge is 0.311 e. The van der Waals surface area contributed by atoms with Crippen molar-refractivity contribution < 1.29 is 0 Å². The number of fused-ring (bicyclic) bond motifs is 12. The van der Waals surface area contributed by atoms with Crippen LogP contribution in [0.4, 0.5) is 51.2 Å². The summed E-state index contributed by atoms with van der Waals surface area (Å²) in [6, 6.07) is 113. The van der Waals surface area contributed by atoms with Crippen molar-refractivity contribution in [3.63, 3.8) is 0 Å². The van der Waals surface area contributed by atoms with E-state index >= 15 is 0 Å². The van der Waals surface area contributed by atoms with Gasteiger partial charge in [0.2, 0.25) is 0 Å². The Labute approximate surface area is 508 Å². The lowest BCUT2D eigenvalue weighted by molar-refractivity contribution is 0.590. The number of hydrogen-bond acceptors (Lipinski definition) is 3. The average molecular weight is 1110 g/mol.